The fourth-order valence-corrected chi connectivity index (χ4v) is 5.27. The highest BCUT2D eigenvalue weighted by atomic mass is 32.2. The van der Waals surface area contributed by atoms with Crippen LogP contribution in [0.3, 0.4) is 0 Å². The van der Waals surface area contributed by atoms with Crippen LogP contribution >= 0.6 is 11.8 Å². The monoisotopic (exact) mass is 444 g/mol. The standard InChI is InChI=1S/C22H24N2O4S2/c1-15(2)14-24-20(25)18-10-9-16(21(26)28-3)13-19(18)23-22(24)29-11-12-30(27)17-7-5-4-6-8-17/h4-10,13,15H,11-12,14H2,1-3H3/t30-/m1/s1. The highest BCUT2D eigenvalue weighted by Gasteiger charge is 2.15. The predicted octanol–water partition coefficient (Wildman–Crippen LogP) is 3.74. The van der Waals surface area contributed by atoms with Crippen molar-refractivity contribution in [1.82, 2.24) is 9.55 Å². The lowest BCUT2D eigenvalue weighted by atomic mass is 10.1. The Balaban J connectivity index is 1.91. The van der Waals surface area contributed by atoms with E-state index in [2.05, 4.69) is 4.98 Å². The summed E-state index contributed by atoms with van der Waals surface area (Å²) in [5.41, 5.74) is 0.658. The Labute approximate surface area is 182 Å². The smallest absolute Gasteiger partial charge is 0.337 e. The predicted molar refractivity (Wildman–Crippen MR) is 121 cm³/mol. The van der Waals surface area contributed by atoms with Crippen LogP contribution in [0.5, 0.6) is 0 Å². The van der Waals surface area contributed by atoms with Gasteiger partial charge in [-0.3, -0.25) is 13.6 Å². The van der Waals surface area contributed by atoms with Crippen molar-refractivity contribution in [3.63, 3.8) is 0 Å². The lowest BCUT2D eigenvalue weighted by molar-refractivity contribution is 0.0601. The zero-order valence-electron chi connectivity index (χ0n) is 17.2. The van der Waals surface area contributed by atoms with Gasteiger partial charge in [0.15, 0.2) is 5.16 Å². The molecule has 0 saturated heterocycles. The molecule has 1 heterocycles. The third-order valence-electron chi connectivity index (χ3n) is 4.40. The topological polar surface area (TPSA) is 78.3 Å². The molecular formula is C22H24N2O4S2. The summed E-state index contributed by atoms with van der Waals surface area (Å²) in [4.78, 5) is 30.4. The maximum atomic E-state index is 13.1. The van der Waals surface area contributed by atoms with E-state index in [1.807, 2.05) is 44.2 Å². The number of benzene rings is 2. The average Bonchev–Trinajstić information content (AvgIpc) is 2.75. The molecule has 0 spiro atoms. The van der Waals surface area contributed by atoms with Crippen molar-refractivity contribution in [1.29, 1.82) is 0 Å². The molecule has 0 aliphatic heterocycles. The number of thioether (sulfide) groups is 1. The maximum Gasteiger partial charge on any atom is 0.337 e. The molecule has 2 aromatic carbocycles. The Morgan fingerprint density at radius 1 is 1.20 bits per heavy atom. The van der Waals surface area contributed by atoms with Crippen molar-refractivity contribution >= 4 is 39.4 Å². The molecule has 0 aliphatic carbocycles. The van der Waals surface area contributed by atoms with Crippen molar-refractivity contribution < 1.29 is 13.7 Å². The summed E-state index contributed by atoms with van der Waals surface area (Å²) in [6.07, 6.45) is 0. The summed E-state index contributed by atoms with van der Waals surface area (Å²) in [6, 6.07) is 14.1. The van der Waals surface area contributed by atoms with Crippen molar-refractivity contribution in [2.24, 2.45) is 5.92 Å². The third kappa shape index (κ3) is 5.17. The van der Waals surface area contributed by atoms with Crippen molar-refractivity contribution in [2.75, 3.05) is 18.6 Å². The van der Waals surface area contributed by atoms with Crippen LogP contribution in [-0.2, 0) is 22.1 Å². The minimum Gasteiger partial charge on any atom is -0.465 e. The summed E-state index contributed by atoms with van der Waals surface area (Å²) < 4.78 is 18.9. The highest BCUT2D eigenvalue weighted by Crippen LogP contribution is 2.21. The number of methoxy groups -OCH3 is 1. The molecule has 30 heavy (non-hydrogen) atoms. The first-order chi connectivity index (χ1) is 14.4. The molecule has 158 valence electrons. The number of aromatic nitrogens is 2. The Morgan fingerprint density at radius 2 is 1.93 bits per heavy atom. The number of hydrogen-bond donors (Lipinski definition) is 0. The van der Waals surface area contributed by atoms with Gasteiger partial charge in [-0.25, -0.2) is 9.78 Å². The summed E-state index contributed by atoms with van der Waals surface area (Å²) in [7, 11) is 0.199. The number of carbonyl (C=O) groups is 1. The fourth-order valence-electron chi connectivity index (χ4n) is 2.98. The number of nitrogens with zero attached hydrogens (tertiary/aromatic N) is 2. The van der Waals surface area contributed by atoms with Crippen molar-refractivity contribution in [3.8, 4) is 0 Å². The minimum absolute atomic E-state index is 0.142. The molecule has 0 bridgehead atoms. The van der Waals surface area contributed by atoms with Crippen LogP contribution in [0.2, 0.25) is 0 Å². The molecule has 0 fully saturated rings. The molecule has 1 atom stereocenters. The highest BCUT2D eigenvalue weighted by molar-refractivity contribution is 8.00. The summed E-state index contributed by atoms with van der Waals surface area (Å²) in [5.74, 6) is 0.785. The number of esters is 1. The first-order valence-corrected chi connectivity index (χ1v) is 11.9. The lowest BCUT2D eigenvalue weighted by Gasteiger charge is -2.15. The molecule has 6 nitrogen and oxygen atoms in total. The molecule has 0 amide bonds. The molecule has 1 aromatic heterocycles. The van der Waals surface area contributed by atoms with Gasteiger partial charge in [-0.1, -0.05) is 43.8 Å². The number of carbonyl (C=O) groups excluding carboxylic acids is 1. The quantitative estimate of drug-likeness (QED) is 0.299. The molecule has 0 unspecified atom stereocenters. The Morgan fingerprint density at radius 3 is 2.60 bits per heavy atom. The van der Waals surface area contributed by atoms with E-state index >= 15 is 0 Å². The van der Waals surface area contributed by atoms with E-state index < -0.39 is 16.8 Å². The molecule has 3 aromatic rings. The lowest BCUT2D eigenvalue weighted by Crippen LogP contribution is -2.26. The number of ether oxygens (including phenoxy) is 1. The van der Waals surface area contributed by atoms with Crippen LogP contribution in [0, 0.1) is 5.92 Å². The number of hydrogen-bond acceptors (Lipinski definition) is 6. The molecule has 0 radical (unpaired) electrons. The SMILES string of the molecule is COC(=O)c1ccc2c(=O)n(CC(C)C)c(SCC[S@@](=O)c3ccccc3)nc2c1. The normalized spacial score (nSPS) is 12.3. The van der Waals surface area contributed by atoms with Gasteiger partial charge in [0.1, 0.15) is 0 Å². The number of fused-ring (bicyclic) bond motifs is 1. The Kier molecular flexibility index (Phi) is 7.44. The van der Waals surface area contributed by atoms with E-state index in [1.165, 1.54) is 18.9 Å². The van der Waals surface area contributed by atoms with Gasteiger partial charge in [-0.15, -0.1) is 0 Å². The summed E-state index contributed by atoms with van der Waals surface area (Å²) in [5, 5.41) is 1.02. The van der Waals surface area contributed by atoms with Crippen LogP contribution in [0.4, 0.5) is 0 Å². The molecule has 0 saturated carbocycles. The second-order valence-corrected chi connectivity index (χ2v) is 9.77. The van der Waals surface area contributed by atoms with Gasteiger partial charge in [-0.05, 0) is 36.2 Å². The van der Waals surface area contributed by atoms with Gasteiger partial charge < -0.3 is 4.74 Å². The van der Waals surface area contributed by atoms with Crippen molar-refractivity contribution in [3.05, 3.63) is 64.4 Å². The summed E-state index contributed by atoms with van der Waals surface area (Å²) in [6.45, 7) is 4.61. The van der Waals surface area contributed by atoms with E-state index in [4.69, 9.17) is 4.74 Å². The third-order valence-corrected chi connectivity index (χ3v) is 7.00. The number of rotatable bonds is 8. The van der Waals surface area contributed by atoms with Gasteiger partial charge in [0.2, 0.25) is 0 Å². The maximum absolute atomic E-state index is 13.1. The van der Waals surface area contributed by atoms with Crippen molar-refractivity contribution in [2.45, 2.75) is 30.4 Å². The first kappa shape index (κ1) is 22.2. The summed E-state index contributed by atoms with van der Waals surface area (Å²) >= 11 is 1.40. The Bertz CT molecular complexity index is 1130. The van der Waals surface area contributed by atoms with Crippen LogP contribution in [-0.4, -0.2) is 38.3 Å². The van der Waals surface area contributed by atoms with E-state index in [1.54, 1.807) is 22.8 Å². The van der Waals surface area contributed by atoms with E-state index in [0.717, 1.165) is 4.90 Å². The van der Waals surface area contributed by atoms with Crippen LogP contribution in [0.15, 0.2) is 63.4 Å². The van der Waals surface area contributed by atoms with Gasteiger partial charge >= 0.3 is 5.97 Å². The van der Waals surface area contributed by atoms with Crippen LogP contribution < -0.4 is 5.56 Å². The molecular weight excluding hydrogens is 420 g/mol. The average molecular weight is 445 g/mol. The Hall–Kier alpha value is -2.45. The van der Waals surface area contributed by atoms with E-state index in [-0.39, 0.29) is 11.5 Å². The van der Waals surface area contributed by atoms with Gasteiger partial charge in [-0.2, -0.15) is 0 Å². The molecule has 8 heteroatoms. The molecule has 0 aliphatic rings. The molecule has 0 N–H and O–H groups in total. The van der Waals surface area contributed by atoms with E-state index in [9.17, 15) is 13.8 Å². The first-order valence-electron chi connectivity index (χ1n) is 9.60. The van der Waals surface area contributed by atoms with Gasteiger partial charge in [0, 0.05) is 22.9 Å². The van der Waals surface area contributed by atoms with Gasteiger partial charge in [0.25, 0.3) is 5.56 Å². The van der Waals surface area contributed by atoms with E-state index in [0.29, 0.717) is 39.7 Å². The minimum atomic E-state index is -1.12. The zero-order valence-corrected chi connectivity index (χ0v) is 18.8. The van der Waals surface area contributed by atoms with Crippen LogP contribution in [0.1, 0.15) is 24.2 Å². The largest absolute Gasteiger partial charge is 0.465 e. The van der Waals surface area contributed by atoms with Crippen LogP contribution in [0.25, 0.3) is 10.9 Å². The second-order valence-electron chi connectivity index (χ2n) is 7.14. The molecule has 3 rings (SSSR count). The van der Waals surface area contributed by atoms with Gasteiger partial charge in [0.05, 0.1) is 34.4 Å². The zero-order chi connectivity index (χ0) is 21.7. The fraction of sp³-hybridized carbons (Fsp3) is 0.318. The second kappa shape index (κ2) is 10.0.